The lowest BCUT2D eigenvalue weighted by atomic mass is 10.1. The molecule has 0 aliphatic heterocycles. The van der Waals surface area contributed by atoms with Gasteiger partial charge in [-0.05, 0) is 42.5 Å². The van der Waals surface area contributed by atoms with Gasteiger partial charge in [0.15, 0.2) is 0 Å². The second-order valence-corrected chi connectivity index (χ2v) is 6.32. The average molecular weight is 415 g/mol. The third-order valence-electron chi connectivity index (χ3n) is 3.97. The summed E-state index contributed by atoms with van der Waals surface area (Å²) >= 11 is 5.76. The van der Waals surface area contributed by atoms with Crippen LogP contribution in [0.3, 0.4) is 0 Å². The number of halogens is 1. The number of amides is 1. The number of nitrogens with zero attached hydrogens (tertiary/aromatic N) is 3. The number of nitro groups is 1. The minimum atomic E-state index is -0.650. The molecule has 0 aliphatic rings. The van der Waals surface area contributed by atoms with Gasteiger partial charge in [0.1, 0.15) is 17.3 Å². The van der Waals surface area contributed by atoms with Crippen LogP contribution in [0.1, 0.15) is 0 Å². The van der Waals surface area contributed by atoms with E-state index in [2.05, 4.69) is 10.4 Å². The average Bonchev–Trinajstić information content (AvgIpc) is 2.71. The molecule has 0 fully saturated rings. The van der Waals surface area contributed by atoms with Gasteiger partial charge in [0.2, 0.25) is 5.91 Å². The molecule has 1 heterocycles. The van der Waals surface area contributed by atoms with E-state index in [4.69, 9.17) is 16.3 Å². The van der Waals surface area contributed by atoms with Gasteiger partial charge < -0.3 is 10.1 Å². The summed E-state index contributed by atoms with van der Waals surface area (Å²) in [5.41, 5.74) is 0.640. The van der Waals surface area contributed by atoms with Gasteiger partial charge in [-0.2, -0.15) is 5.10 Å². The van der Waals surface area contributed by atoms with Crippen LogP contribution < -0.4 is 15.6 Å². The van der Waals surface area contributed by atoms with Crippen molar-refractivity contribution in [1.29, 1.82) is 0 Å². The highest BCUT2D eigenvalue weighted by molar-refractivity contribution is 6.32. The topological polar surface area (TPSA) is 116 Å². The predicted molar refractivity (Wildman–Crippen MR) is 107 cm³/mol. The summed E-state index contributed by atoms with van der Waals surface area (Å²) in [7, 11) is 1.56. The van der Waals surface area contributed by atoms with Crippen molar-refractivity contribution >= 4 is 28.9 Å². The van der Waals surface area contributed by atoms with Gasteiger partial charge in [-0.3, -0.25) is 19.7 Å². The normalized spacial score (nSPS) is 10.4. The molecule has 0 aliphatic carbocycles. The highest BCUT2D eigenvalue weighted by atomic mass is 35.5. The molecule has 0 atom stereocenters. The number of hydrogen-bond donors (Lipinski definition) is 1. The molecule has 0 unspecified atom stereocenters. The summed E-state index contributed by atoms with van der Waals surface area (Å²) in [6, 6.07) is 13.8. The highest BCUT2D eigenvalue weighted by Crippen LogP contribution is 2.27. The van der Waals surface area contributed by atoms with Gasteiger partial charge >= 0.3 is 0 Å². The van der Waals surface area contributed by atoms with E-state index in [9.17, 15) is 19.7 Å². The first-order valence-corrected chi connectivity index (χ1v) is 8.71. The number of nitro benzene ring substituents is 1. The standard InChI is InChI=1S/C19H15ClN4O5/c1-29-14-5-2-12(3-6-14)16-8-9-19(26)23(22-16)11-18(25)21-13-4-7-15(20)17(10-13)24(27)28/h2-10H,11H2,1H3,(H,21,25). The monoisotopic (exact) mass is 414 g/mol. The number of rotatable bonds is 6. The van der Waals surface area contributed by atoms with Crippen molar-refractivity contribution in [3.05, 3.63) is 80.1 Å². The van der Waals surface area contributed by atoms with Crippen molar-refractivity contribution in [3.63, 3.8) is 0 Å². The Morgan fingerprint density at radius 2 is 1.93 bits per heavy atom. The van der Waals surface area contributed by atoms with Crippen LogP contribution in [0.15, 0.2) is 59.4 Å². The van der Waals surface area contributed by atoms with Crippen LogP contribution in [0.2, 0.25) is 5.02 Å². The molecule has 148 valence electrons. The lowest BCUT2D eigenvalue weighted by molar-refractivity contribution is -0.384. The smallest absolute Gasteiger partial charge is 0.289 e. The van der Waals surface area contributed by atoms with Crippen molar-refractivity contribution in [2.75, 3.05) is 12.4 Å². The second kappa shape index (κ2) is 8.53. The Kier molecular flexibility index (Phi) is 5.89. The lowest BCUT2D eigenvalue weighted by Crippen LogP contribution is -2.29. The molecule has 0 saturated heterocycles. The SMILES string of the molecule is COc1ccc(-c2ccc(=O)n(CC(=O)Nc3ccc(Cl)c([N+](=O)[O-])c3)n2)cc1. The van der Waals surface area contributed by atoms with Gasteiger partial charge in [0, 0.05) is 23.4 Å². The number of carbonyl (C=O) groups excluding carboxylic acids is 1. The summed E-state index contributed by atoms with van der Waals surface area (Å²) in [4.78, 5) is 34.7. The molecule has 0 bridgehead atoms. The first-order valence-electron chi connectivity index (χ1n) is 8.34. The Morgan fingerprint density at radius 3 is 2.59 bits per heavy atom. The summed E-state index contributed by atoms with van der Waals surface area (Å²) in [5, 5.41) is 17.6. The molecule has 2 aromatic carbocycles. The number of methoxy groups -OCH3 is 1. The fourth-order valence-corrected chi connectivity index (χ4v) is 2.73. The first kappa shape index (κ1) is 20.0. The fraction of sp³-hybridized carbons (Fsp3) is 0.105. The van der Waals surface area contributed by atoms with E-state index in [0.717, 1.165) is 16.3 Å². The number of nitrogens with one attached hydrogen (secondary N) is 1. The van der Waals surface area contributed by atoms with E-state index in [1.807, 2.05) is 0 Å². The molecule has 1 aromatic heterocycles. The molecule has 9 nitrogen and oxygen atoms in total. The van der Waals surface area contributed by atoms with Crippen LogP contribution in [0.5, 0.6) is 5.75 Å². The molecule has 0 spiro atoms. The van der Waals surface area contributed by atoms with E-state index in [-0.39, 0.29) is 22.9 Å². The zero-order valence-corrected chi connectivity index (χ0v) is 15.9. The minimum absolute atomic E-state index is 0.0434. The molecule has 29 heavy (non-hydrogen) atoms. The largest absolute Gasteiger partial charge is 0.497 e. The molecule has 0 saturated carbocycles. The number of anilines is 1. The minimum Gasteiger partial charge on any atom is -0.497 e. The van der Waals surface area contributed by atoms with Gasteiger partial charge in [0.05, 0.1) is 17.7 Å². The Hall–Kier alpha value is -3.72. The van der Waals surface area contributed by atoms with Crippen molar-refractivity contribution in [2.24, 2.45) is 0 Å². The Labute approximate surface area is 169 Å². The van der Waals surface area contributed by atoms with E-state index >= 15 is 0 Å². The second-order valence-electron chi connectivity index (χ2n) is 5.91. The Morgan fingerprint density at radius 1 is 1.21 bits per heavy atom. The third kappa shape index (κ3) is 4.77. The fourth-order valence-electron chi connectivity index (χ4n) is 2.54. The maximum absolute atomic E-state index is 12.3. The Bertz CT molecular complexity index is 1130. The van der Waals surface area contributed by atoms with E-state index < -0.39 is 16.4 Å². The quantitative estimate of drug-likeness (QED) is 0.489. The number of benzene rings is 2. The molecule has 0 radical (unpaired) electrons. The summed E-state index contributed by atoms with van der Waals surface area (Å²) < 4.78 is 6.12. The highest BCUT2D eigenvalue weighted by Gasteiger charge is 2.15. The van der Waals surface area contributed by atoms with Crippen LogP contribution in [-0.2, 0) is 11.3 Å². The maximum atomic E-state index is 12.3. The molecular weight excluding hydrogens is 400 g/mol. The van der Waals surface area contributed by atoms with Crippen molar-refractivity contribution in [1.82, 2.24) is 9.78 Å². The number of hydrogen-bond acceptors (Lipinski definition) is 6. The van der Waals surface area contributed by atoms with Gasteiger partial charge in [-0.1, -0.05) is 11.6 Å². The third-order valence-corrected chi connectivity index (χ3v) is 4.29. The van der Waals surface area contributed by atoms with E-state index in [1.165, 1.54) is 18.2 Å². The van der Waals surface area contributed by atoms with Gasteiger partial charge in [-0.25, -0.2) is 4.68 Å². The van der Waals surface area contributed by atoms with E-state index in [1.54, 1.807) is 37.4 Å². The summed E-state index contributed by atoms with van der Waals surface area (Å²) in [5.74, 6) is 0.113. The maximum Gasteiger partial charge on any atom is 0.289 e. The van der Waals surface area contributed by atoms with Crippen molar-refractivity contribution in [3.8, 4) is 17.0 Å². The first-order chi connectivity index (χ1) is 13.9. The van der Waals surface area contributed by atoms with Crippen LogP contribution >= 0.6 is 11.6 Å². The zero-order valence-electron chi connectivity index (χ0n) is 15.2. The molecular formula is C19H15ClN4O5. The van der Waals surface area contributed by atoms with Crippen molar-refractivity contribution < 1.29 is 14.5 Å². The van der Waals surface area contributed by atoms with Gasteiger partial charge in [0.25, 0.3) is 11.2 Å². The zero-order chi connectivity index (χ0) is 21.0. The molecule has 3 aromatic rings. The molecule has 1 amide bonds. The Balaban J connectivity index is 1.79. The van der Waals surface area contributed by atoms with Crippen molar-refractivity contribution in [2.45, 2.75) is 6.54 Å². The number of aromatic nitrogens is 2. The van der Waals surface area contributed by atoms with E-state index in [0.29, 0.717) is 11.4 Å². The van der Waals surface area contributed by atoms with Crippen LogP contribution in [-0.4, -0.2) is 27.7 Å². The number of carbonyl (C=O) groups is 1. The molecule has 1 N–H and O–H groups in total. The van der Waals surface area contributed by atoms with Gasteiger partial charge in [-0.15, -0.1) is 0 Å². The summed E-state index contributed by atoms with van der Waals surface area (Å²) in [6.07, 6.45) is 0. The van der Waals surface area contributed by atoms with Crippen LogP contribution in [0.25, 0.3) is 11.3 Å². The lowest BCUT2D eigenvalue weighted by Gasteiger charge is -2.09. The summed E-state index contributed by atoms with van der Waals surface area (Å²) in [6.45, 7) is -0.362. The van der Waals surface area contributed by atoms with Crippen LogP contribution in [0.4, 0.5) is 11.4 Å². The van der Waals surface area contributed by atoms with Crippen LogP contribution in [0, 0.1) is 10.1 Å². The predicted octanol–water partition coefficient (Wildman–Crippen LogP) is 3.12. The molecule has 3 rings (SSSR count). The molecule has 10 heteroatoms. The number of ether oxygens (including phenoxy) is 1.